The van der Waals surface area contributed by atoms with Crippen LogP contribution in [-0.4, -0.2) is 162 Å². The second-order valence-electron chi connectivity index (χ2n) is 4.91. The molecule has 0 unspecified atom stereocenters. The zero-order valence-electron chi connectivity index (χ0n) is 5.58. The van der Waals surface area contributed by atoms with E-state index >= 15 is 0 Å². The van der Waals surface area contributed by atoms with Crippen molar-refractivity contribution in [1.29, 1.82) is 0 Å². The molecule has 0 aliphatic carbocycles. The number of rotatable bonds is 0. The van der Waals surface area contributed by atoms with E-state index in [1.54, 1.807) is 0 Å². The molecular formula is H17CrK3N6O4. The van der Waals surface area contributed by atoms with Gasteiger partial charge in [0, 0.05) is 0 Å². The van der Waals surface area contributed by atoms with Crippen molar-refractivity contribution >= 4 is 154 Å². The summed E-state index contributed by atoms with van der Waals surface area (Å²) < 4.78 is 61.9. The molecular weight excluding hydrogens is 317 g/mol. The molecule has 0 saturated carbocycles. The number of hydrogen-bond acceptors (Lipinski definition) is 2. The molecule has 0 atom stereocenters. The molecule has 14 N–H and O–H groups in total. The fraction of sp³-hybridized carbons (Fsp3) is 0. The van der Waals surface area contributed by atoms with Gasteiger partial charge in [-0.05, 0) is 0 Å². The van der Waals surface area contributed by atoms with Gasteiger partial charge in [0.1, 0.15) is 0 Å². The molecule has 0 saturated heterocycles. The molecule has 0 aliphatic rings. The summed E-state index contributed by atoms with van der Waals surface area (Å²) in [6.07, 6.45) is 0. The fourth-order valence-electron chi connectivity index (χ4n) is 0. The Kier molecular flexibility index (Phi) is 3.88. The molecule has 0 heterocycles. The van der Waals surface area contributed by atoms with Crippen LogP contribution in [0.25, 0.3) is 0 Å². The van der Waals surface area contributed by atoms with Crippen LogP contribution in [0.3, 0.4) is 0 Å². The second-order valence-corrected chi connectivity index (χ2v) is 20.2. The van der Waals surface area contributed by atoms with Crippen LogP contribution in [0, 0.1) is 0 Å². The molecule has 0 bridgehead atoms. The third kappa shape index (κ3) is 185. The van der Waals surface area contributed by atoms with Crippen molar-refractivity contribution in [3.05, 3.63) is 0 Å². The van der Waals surface area contributed by atoms with Gasteiger partial charge in [-0.2, -0.15) is 0 Å². The zero-order chi connectivity index (χ0) is 10.3. The standard InChI is InChI=1S/Cr.3K.6H2N.2H2O.2O.3H/h;;;;8*1H2;;;;;/q+8;;;;6*-1;;;;;;;/p-2. The zero-order valence-corrected chi connectivity index (χ0v) is 6.86. The average molecular weight is 334 g/mol. The third-order valence-electron chi connectivity index (χ3n) is 0. The summed E-state index contributed by atoms with van der Waals surface area (Å²) in [5.74, 6) is 0. The van der Waals surface area contributed by atoms with E-state index in [9.17, 15) is 7.61 Å². The number of nitrogens with two attached hydrogens (primary N) is 6. The molecule has 0 amide bonds. The van der Waals surface area contributed by atoms with Crippen LogP contribution < -0.4 is 28.3 Å². The van der Waals surface area contributed by atoms with Crippen molar-refractivity contribution < 1.29 is 24.4 Å². The Balaban J connectivity index is -0.000000167. The summed E-state index contributed by atoms with van der Waals surface area (Å²) in [7, 11) is -11.6. The Bertz CT molecular complexity index is 518. The summed E-state index contributed by atoms with van der Waals surface area (Å²) in [5, 5.41) is 0. The molecule has 14 heavy (non-hydrogen) atoms. The predicted molar refractivity (Wildman–Crippen MR) is 52.4 cm³/mol. The molecule has 0 spiro atoms. The van der Waals surface area contributed by atoms with Gasteiger partial charge in [0.15, 0.2) is 0 Å². The second kappa shape index (κ2) is 2.00. The van der Waals surface area contributed by atoms with Crippen molar-refractivity contribution in [3.63, 3.8) is 0 Å². The SMILES string of the molecule is [KH].[KH].[KH].[NH2][Cr]([NH2])([NH2])([NH2])([NH2])([NH2])(=[O])(=[O])([OH])[OH]. The summed E-state index contributed by atoms with van der Waals surface area (Å²) in [4.78, 5) is 0. The molecule has 0 aromatic carbocycles. The first kappa shape index (κ1) is 27.1. The molecule has 80 valence electrons. The normalized spacial score (nSPS) is 30.6. The van der Waals surface area contributed by atoms with Crippen LogP contribution in [0.5, 0.6) is 0 Å². The van der Waals surface area contributed by atoms with Gasteiger partial charge >= 0.3 is 207 Å². The molecule has 0 radical (unpaired) electrons. The molecule has 0 aromatic rings. The monoisotopic (exact) mass is 334 g/mol. The van der Waals surface area contributed by atoms with E-state index < -0.39 is 8.51 Å². The van der Waals surface area contributed by atoms with E-state index in [1.807, 2.05) is 0 Å². The van der Waals surface area contributed by atoms with Crippen LogP contribution in [0.4, 0.5) is 0 Å². The first-order valence-electron chi connectivity index (χ1n) is 2.11. The minimum atomic E-state index is -11.6. The summed E-state index contributed by atoms with van der Waals surface area (Å²) in [5.41, 5.74) is 0. The van der Waals surface area contributed by atoms with Crippen LogP contribution >= 0.6 is 0 Å². The number of hydrogen-bond donors (Lipinski definition) is 8. The van der Waals surface area contributed by atoms with Gasteiger partial charge in [-0.1, -0.05) is 0 Å². The first-order valence-corrected chi connectivity index (χ1v) is 8.71. The van der Waals surface area contributed by atoms with Crippen LogP contribution in [0.15, 0.2) is 0 Å². The maximum absolute atomic E-state index is 11.6. The summed E-state index contributed by atoms with van der Waals surface area (Å²) in [6, 6.07) is 0. The third-order valence-corrected chi connectivity index (χ3v) is 0. The topological polar surface area (TPSA) is 231 Å². The quantitative estimate of drug-likeness (QED) is 0.195. The molecule has 14 heteroatoms. The maximum atomic E-state index is 10.9. The summed E-state index contributed by atoms with van der Waals surface area (Å²) >= 11 is 0. The van der Waals surface area contributed by atoms with Crippen molar-refractivity contribution in [2.24, 2.45) is 28.3 Å². The van der Waals surface area contributed by atoms with Crippen LogP contribution in [0.1, 0.15) is 0 Å². The average Bonchev–Trinajstić information content (AvgIpc) is 0.439. The van der Waals surface area contributed by atoms with Crippen molar-refractivity contribution in [1.82, 2.24) is 0 Å². The summed E-state index contributed by atoms with van der Waals surface area (Å²) in [6.45, 7) is 0. The molecule has 0 aliphatic heterocycles. The van der Waals surface area contributed by atoms with Gasteiger partial charge in [0.25, 0.3) is 0 Å². The molecule has 0 rings (SSSR count). The van der Waals surface area contributed by atoms with Gasteiger partial charge < -0.3 is 0 Å². The first-order chi connectivity index (χ1) is 3.16. The van der Waals surface area contributed by atoms with Crippen molar-refractivity contribution in [3.8, 4) is 0 Å². The Hall–Kier alpha value is 4.72. The Labute approximate surface area is 200 Å². The van der Waals surface area contributed by atoms with E-state index in [0.717, 1.165) is 0 Å². The Morgan fingerprint density at radius 3 is 0.643 bits per heavy atom. The Morgan fingerprint density at radius 2 is 0.643 bits per heavy atom. The van der Waals surface area contributed by atoms with E-state index in [0.29, 0.717) is 0 Å². The van der Waals surface area contributed by atoms with Gasteiger partial charge in [0.2, 0.25) is 0 Å². The van der Waals surface area contributed by atoms with Crippen LogP contribution in [-0.2, 0) is 16.1 Å². The minimum absolute atomic E-state index is 0. The van der Waals surface area contributed by atoms with Gasteiger partial charge in [-0.25, -0.2) is 0 Å². The van der Waals surface area contributed by atoms with E-state index in [2.05, 4.69) is 28.3 Å². The predicted octanol–water partition coefficient (Wildman–Crippen LogP) is -6.84. The molecule has 0 aromatic heterocycles. The van der Waals surface area contributed by atoms with Gasteiger partial charge in [-0.3, -0.25) is 0 Å². The fourth-order valence-corrected chi connectivity index (χ4v) is 0. The molecule has 0 fully saturated rings. The van der Waals surface area contributed by atoms with Gasteiger partial charge in [-0.15, -0.1) is 0 Å². The van der Waals surface area contributed by atoms with Crippen molar-refractivity contribution in [2.45, 2.75) is 0 Å². The van der Waals surface area contributed by atoms with E-state index in [1.165, 1.54) is 0 Å². The van der Waals surface area contributed by atoms with Gasteiger partial charge in [0.05, 0.1) is 0 Å². The molecule has 10 nitrogen and oxygen atoms in total. The van der Waals surface area contributed by atoms with E-state index in [4.69, 9.17) is 8.32 Å². The Morgan fingerprint density at radius 1 is 0.643 bits per heavy atom. The van der Waals surface area contributed by atoms with E-state index in [-0.39, 0.29) is 154 Å². The van der Waals surface area contributed by atoms with Crippen molar-refractivity contribution in [2.75, 3.05) is 0 Å². The van der Waals surface area contributed by atoms with Crippen LogP contribution in [0.2, 0.25) is 0 Å².